The fourth-order valence-electron chi connectivity index (χ4n) is 0.687. The minimum Gasteiger partial charge on any atom is -0.265 e. The lowest BCUT2D eigenvalue weighted by atomic mass is 10.4. The van der Waals surface area contributed by atoms with Crippen LogP contribution in [0.2, 0.25) is 0 Å². The number of aromatic nitrogens is 1. The fourth-order valence-corrected chi connectivity index (χ4v) is 1.25. The highest BCUT2D eigenvalue weighted by Gasteiger charge is 1.86. The van der Waals surface area contributed by atoms with Gasteiger partial charge in [0.2, 0.25) is 0 Å². The first kappa shape index (κ1) is 7.41. The molecule has 0 fully saturated rings. The van der Waals surface area contributed by atoms with Gasteiger partial charge in [-0.2, -0.15) is 0 Å². The van der Waals surface area contributed by atoms with Gasteiger partial charge in [-0.05, 0) is 19.1 Å². The zero-order valence-electron chi connectivity index (χ0n) is 6.07. The molecule has 1 heterocycles. The van der Waals surface area contributed by atoms with Gasteiger partial charge in [0.15, 0.2) is 0 Å². The molecule has 0 radical (unpaired) electrons. The van der Waals surface area contributed by atoms with Gasteiger partial charge in [0, 0.05) is 12.7 Å². The maximum atomic E-state index is 4.26. The van der Waals surface area contributed by atoms with Crippen molar-refractivity contribution in [2.45, 2.75) is 11.9 Å². The molecule has 0 amide bonds. The first-order chi connectivity index (χ1) is 4.83. The van der Waals surface area contributed by atoms with Crippen molar-refractivity contribution < 1.29 is 0 Å². The number of aryl methyl sites for hydroxylation is 1. The topological polar surface area (TPSA) is 25.2 Å². The Labute approximate surface area is 64.4 Å². The lowest BCUT2D eigenvalue weighted by molar-refractivity contribution is 1.07. The molecule has 0 saturated carbocycles. The number of hydrogen-bond acceptors (Lipinski definition) is 2. The summed E-state index contributed by atoms with van der Waals surface area (Å²) >= 11 is 0.950. The molecule has 0 aliphatic rings. The maximum absolute atomic E-state index is 4.26. The fraction of sp³-hybridized carbons (Fsp3) is 0.286. The maximum Gasteiger partial charge on any atom is 0.104 e. The normalized spacial score (nSPS) is 11.4. The molecule has 0 N–H and O–H groups in total. The van der Waals surface area contributed by atoms with Gasteiger partial charge >= 0.3 is 0 Å². The van der Waals surface area contributed by atoms with Crippen molar-refractivity contribution in [2.75, 3.05) is 7.05 Å². The van der Waals surface area contributed by atoms with Crippen molar-refractivity contribution in [3.05, 3.63) is 23.9 Å². The molecule has 1 aromatic rings. The molecular weight excluding hydrogens is 144 g/mol. The van der Waals surface area contributed by atoms with E-state index in [-0.39, 0.29) is 0 Å². The molecule has 0 aromatic carbocycles. The predicted octanol–water partition coefficient (Wildman–Crippen LogP) is 1.38. The number of pyridine rings is 1. The van der Waals surface area contributed by atoms with Crippen LogP contribution in [0.5, 0.6) is 0 Å². The van der Waals surface area contributed by atoms with Crippen molar-refractivity contribution in [1.82, 2.24) is 4.98 Å². The van der Waals surface area contributed by atoms with Gasteiger partial charge in [-0.1, -0.05) is 17.6 Å². The Hall–Kier alpha value is -0.700. The van der Waals surface area contributed by atoms with Crippen LogP contribution in [0.1, 0.15) is 5.69 Å². The van der Waals surface area contributed by atoms with Crippen LogP contribution < -0.4 is 0 Å². The zero-order valence-corrected chi connectivity index (χ0v) is 6.97. The van der Waals surface area contributed by atoms with Crippen LogP contribution in [0.15, 0.2) is 27.6 Å². The molecule has 54 valence electrons. The van der Waals surface area contributed by atoms with Crippen LogP contribution in [0.4, 0.5) is 0 Å². The van der Waals surface area contributed by atoms with Gasteiger partial charge in [0.05, 0.1) is 0 Å². The Balaban J connectivity index is 2.95. The first-order valence-electron chi connectivity index (χ1n) is 3.06. The molecule has 10 heavy (non-hydrogen) atoms. The number of rotatable bonds is 1. The van der Waals surface area contributed by atoms with Gasteiger partial charge in [-0.3, -0.25) is 4.36 Å². The summed E-state index contributed by atoms with van der Waals surface area (Å²) < 4.78 is 3.96. The Bertz CT molecular complexity index is 245. The SMILES string of the molecule is C/N=[SH]/c1cccc(C)n1. The summed E-state index contributed by atoms with van der Waals surface area (Å²) in [5, 5.41) is 1.02. The van der Waals surface area contributed by atoms with E-state index >= 15 is 0 Å². The average Bonchev–Trinajstić information content (AvgIpc) is 1.88. The molecule has 1 aromatic heterocycles. The van der Waals surface area contributed by atoms with Crippen LogP contribution in [0.25, 0.3) is 0 Å². The van der Waals surface area contributed by atoms with Crippen molar-refractivity contribution in [3.63, 3.8) is 0 Å². The Morgan fingerprint density at radius 2 is 2.30 bits per heavy atom. The van der Waals surface area contributed by atoms with Crippen LogP contribution >= 0.6 is 0 Å². The monoisotopic (exact) mass is 154 g/mol. The molecule has 0 unspecified atom stereocenters. The third kappa shape index (κ3) is 1.92. The van der Waals surface area contributed by atoms with E-state index in [0.29, 0.717) is 0 Å². The summed E-state index contributed by atoms with van der Waals surface area (Å²) in [6.07, 6.45) is 0. The molecule has 3 heteroatoms. The smallest absolute Gasteiger partial charge is 0.104 e. The van der Waals surface area contributed by atoms with Gasteiger partial charge in [0.1, 0.15) is 5.03 Å². The Morgan fingerprint density at radius 1 is 1.50 bits per heavy atom. The van der Waals surface area contributed by atoms with Crippen molar-refractivity contribution in [2.24, 2.45) is 4.36 Å². The van der Waals surface area contributed by atoms with Gasteiger partial charge in [0.25, 0.3) is 0 Å². The van der Waals surface area contributed by atoms with Crippen LogP contribution in [-0.4, -0.2) is 12.0 Å². The van der Waals surface area contributed by atoms with E-state index in [1.807, 2.05) is 25.1 Å². The lowest BCUT2D eigenvalue weighted by Gasteiger charge is -1.92. The van der Waals surface area contributed by atoms with Crippen LogP contribution in [-0.2, 0) is 11.6 Å². The Morgan fingerprint density at radius 3 is 2.90 bits per heavy atom. The largest absolute Gasteiger partial charge is 0.265 e. The highest BCUT2D eigenvalue weighted by Crippen LogP contribution is 1.97. The molecule has 0 saturated heterocycles. The summed E-state index contributed by atoms with van der Waals surface area (Å²) in [5.41, 5.74) is 1.05. The molecule has 1 rings (SSSR count). The number of nitrogens with zero attached hydrogens (tertiary/aromatic N) is 2. The van der Waals surface area contributed by atoms with Crippen LogP contribution in [0.3, 0.4) is 0 Å². The molecule has 0 spiro atoms. The second kappa shape index (κ2) is 3.46. The van der Waals surface area contributed by atoms with Gasteiger partial charge < -0.3 is 0 Å². The van der Waals surface area contributed by atoms with Gasteiger partial charge in [-0.25, -0.2) is 4.98 Å². The predicted molar refractivity (Wildman–Crippen MR) is 44.4 cm³/mol. The van der Waals surface area contributed by atoms with E-state index in [1.165, 1.54) is 0 Å². The van der Waals surface area contributed by atoms with Crippen molar-refractivity contribution in [1.29, 1.82) is 0 Å². The lowest BCUT2D eigenvalue weighted by Crippen LogP contribution is -1.83. The van der Waals surface area contributed by atoms with Crippen LogP contribution in [0, 0.1) is 6.92 Å². The van der Waals surface area contributed by atoms with E-state index in [1.54, 1.807) is 7.05 Å². The molecule has 2 nitrogen and oxygen atoms in total. The third-order valence-electron chi connectivity index (χ3n) is 1.08. The molecule has 0 aliphatic carbocycles. The molecule has 0 aliphatic heterocycles. The standard InChI is InChI=1S/C7H10N2S/c1-6-4-3-5-7(9-6)10-8-2/h3-5,10H,1-2H3. The van der Waals surface area contributed by atoms with E-state index in [9.17, 15) is 0 Å². The van der Waals surface area contributed by atoms with E-state index < -0.39 is 0 Å². The number of thiol groups is 1. The van der Waals surface area contributed by atoms with E-state index in [0.717, 1.165) is 22.3 Å². The summed E-state index contributed by atoms with van der Waals surface area (Å²) in [6, 6.07) is 5.95. The average molecular weight is 154 g/mol. The minimum atomic E-state index is 0.950. The Kier molecular flexibility index (Phi) is 2.57. The zero-order chi connectivity index (χ0) is 7.40. The van der Waals surface area contributed by atoms with E-state index in [2.05, 4.69) is 9.35 Å². The summed E-state index contributed by atoms with van der Waals surface area (Å²) in [7, 11) is 1.78. The summed E-state index contributed by atoms with van der Waals surface area (Å²) in [5.74, 6) is 0. The highest BCUT2D eigenvalue weighted by molar-refractivity contribution is 7.68. The summed E-state index contributed by atoms with van der Waals surface area (Å²) in [4.78, 5) is 4.26. The highest BCUT2D eigenvalue weighted by atomic mass is 32.1. The minimum absolute atomic E-state index is 0.950. The summed E-state index contributed by atoms with van der Waals surface area (Å²) in [6.45, 7) is 1.98. The second-order valence-electron chi connectivity index (χ2n) is 1.94. The molecule has 0 atom stereocenters. The first-order valence-corrected chi connectivity index (χ1v) is 3.91. The molecule has 0 bridgehead atoms. The van der Waals surface area contributed by atoms with Crippen molar-refractivity contribution in [3.8, 4) is 0 Å². The second-order valence-corrected chi connectivity index (χ2v) is 3.00. The quantitative estimate of drug-likeness (QED) is 0.607. The number of hydrogen-bond donors (Lipinski definition) is 1. The van der Waals surface area contributed by atoms with Crippen molar-refractivity contribution >= 4 is 11.6 Å². The van der Waals surface area contributed by atoms with E-state index in [4.69, 9.17) is 0 Å². The van der Waals surface area contributed by atoms with Gasteiger partial charge in [-0.15, -0.1) is 0 Å². The third-order valence-corrected chi connectivity index (χ3v) is 1.73. The molecular formula is C7H10N2S.